The summed E-state index contributed by atoms with van der Waals surface area (Å²) >= 11 is 0. The van der Waals surface area contributed by atoms with E-state index in [1.54, 1.807) is 0 Å². The lowest BCUT2D eigenvalue weighted by molar-refractivity contribution is -0.320. The zero-order valence-corrected chi connectivity index (χ0v) is 19.0. The van der Waals surface area contributed by atoms with E-state index in [0.29, 0.717) is 0 Å². The molecule has 0 aromatic heterocycles. The van der Waals surface area contributed by atoms with Gasteiger partial charge in [-0.05, 0) is 12.3 Å². The van der Waals surface area contributed by atoms with E-state index in [4.69, 9.17) is 41.9 Å². The summed E-state index contributed by atoms with van der Waals surface area (Å²) in [5.41, 5.74) is 24.0. The number of aliphatic hydroxyl groups is 5. The maximum Gasteiger partial charge on any atom is 0.186 e. The van der Waals surface area contributed by atoms with Gasteiger partial charge in [-0.3, -0.25) is 0 Å². The molecule has 2 heterocycles. The summed E-state index contributed by atoms with van der Waals surface area (Å²) in [5.74, 6) is -0.386. The molecule has 0 radical (unpaired) electrons. The molecule has 2 aliphatic heterocycles. The molecule has 1 aliphatic carbocycles. The van der Waals surface area contributed by atoms with E-state index in [-0.39, 0.29) is 24.8 Å². The van der Waals surface area contributed by atoms with Crippen molar-refractivity contribution in [1.29, 1.82) is 0 Å². The Morgan fingerprint density at radius 1 is 0.758 bits per heavy atom. The molecule has 33 heavy (non-hydrogen) atoms. The topological polar surface area (TPSA) is 242 Å². The van der Waals surface area contributed by atoms with Gasteiger partial charge in [-0.1, -0.05) is 13.8 Å². The molecule has 0 aromatic carbocycles. The number of rotatable bonds is 6. The first-order valence-corrected chi connectivity index (χ1v) is 11.4. The predicted octanol–water partition coefficient (Wildman–Crippen LogP) is -4.74. The van der Waals surface area contributed by atoms with Crippen LogP contribution in [0.4, 0.5) is 0 Å². The third kappa shape index (κ3) is 5.35. The first kappa shape index (κ1) is 27.1. The van der Waals surface area contributed by atoms with Gasteiger partial charge in [0, 0.05) is 24.5 Å². The van der Waals surface area contributed by atoms with Gasteiger partial charge < -0.3 is 67.4 Å². The maximum atomic E-state index is 11.1. The normalized spacial score (nSPS) is 53.7. The molecular weight excluding hydrogens is 440 g/mol. The van der Waals surface area contributed by atoms with Crippen molar-refractivity contribution in [2.45, 2.75) is 99.8 Å². The van der Waals surface area contributed by atoms with Crippen molar-refractivity contribution >= 4 is 0 Å². The van der Waals surface area contributed by atoms with Crippen LogP contribution in [-0.4, -0.2) is 118 Å². The summed E-state index contributed by atoms with van der Waals surface area (Å²) < 4.78 is 23.2. The van der Waals surface area contributed by atoms with E-state index in [0.717, 1.165) is 0 Å². The van der Waals surface area contributed by atoms with E-state index in [2.05, 4.69) is 0 Å². The quantitative estimate of drug-likeness (QED) is 0.174. The van der Waals surface area contributed by atoms with E-state index < -0.39 is 86.1 Å². The van der Waals surface area contributed by atoms with Crippen molar-refractivity contribution in [2.24, 2.45) is 34.8 Å². The van der Waals surface area contributed by atoms with Crippen LogP contribution in [0.1, 0.15) is 20.3 Å². The van der Waals surface area contributed by atoms with Crippen molar-refractivity contribution in [3.05, 3.63) is 0 Å². The van der Waals surface area contributed by atoms with E-state index >= 15 is 0 Å². The minimum atomic E-state index is -1.42. The van der Waals surface area contributed by atoms with Gasteiger partial charge in [0.15, 0.2) is 12.6 Å². The molecule has 13 nitrogen and oxygen atoms in total. The predicted molar refractivity (Wildman–Crippen MR) is 114 cm³/mol. The molecule has 0 aromatic rings. The molecule has 13 N–H and O–H groups in total. The maximum absolute atomic E-state index is 11.1. The van der Waals surface area contributed by atoms with Gasteiger partial charge in [-0.25, -0.2) is 0 Å². The Balaban J connectivity index is 1.72. The molecule has 3 aliphatic rings. The fourth-order valence-electron chi connectivity index (χ4n) is 4.80. The number of aliphatic hydroxyl groups excluding tert-OH is 5. The van der Waals surface area contributed by atoms with Gasteiger partial charge in [0.05, 0.1) is 24.9 Å². The first-order chi connectivity index (χ1) is 15.5. The summed E-state index contributed by atoms with van der Waals surface area (Å²) in [6, 6.07) is -2.50. The van der Waals surface area contributed by atoms with Crippen molar-refractivity contribution < 1.29 is 44.5 Å². The minimum absolute atomic E-state index is 0.100. The van der Waals surface area contributed by atoms with Crippen LogP contribution in [-0.2, 0) is 18.9 Å². The minimum Gasteiger partial charge on any atom is -0.394 e. The highest BCUT2D eigenvalue weighted by Gasteiger charge is 2.50. The average Bonchev–Trinajstić information content (AvgIpc) is 2.79. The summed E-state index contributed by atoms with van der Waals surface area (Å²) in [7, 11) is 0. The zero-order chi connectivity index (χ0) is 24.6. The van der Waals surface area contributed by atoms with Gasteiger partial charge in [0.1, 0.15) is 36.6 Å². The van der Waals surface area contributed by atoms with E-state index in [1.807, 2.05) is 13.8 Å². The molecule has 0 amide bonds. The molecule has 194 valence electrons. The Bertz CT molecular complexity index is 582. The second kappa shape index (κ2) is 11.0. The van der Waals surface area contributed by atoms with Crippen LogP contribution in [0.15, 0.2) is 0 Å². The highest BCUT2D eigenvalue weighted by molar-refractivity contribution is 5.01. The zero-order valence-electron chi connectivity index (χ0n) is 19.0. The van der Waals surface area contributed by atoms with Crippen LogP contribution in [0.5, 0.6) is 0 Å². The van der Waals surface area contributed by atoms with Gasteiger partial charge in [-0.2, -0.15) is 0 Å². The standard InChI is InChI=1S/C20H40N4O9/c1-6-7(2)19(30-10(4-21)13(6)26)32-17-8(22)3-9(23)18(16(17)29)33-20-15(28)12(24)14(27)11(5-25)31-20/h6-20,25-29H,3-5,21-24H2,1-2H3/t6-,7?,8?,9-,10?,11?,12?,13+,14-,15?,16+,17-,18?,19-,20?/m1/s1. The molecule has 3 fully saturated rings. The Morgan fingerprint density at radius 2 is 1.30 bits per heavy atom. The fraction of sp³-hybridized carbons (Fsp3) is 1.00. The van der Waals surface area contributed by atoms with E-state index in [1.165, 1.54) is 0 Å². The van der Waals surface area contributed by atoms with Gasteiger partial charge in [0.25, 0.3) is 0 Å². The van der Waals surface area contributed by atoms with Gasteiger partial charge >= 0.3 is 0 Å². The van der Waals surface area contributed by atoms with Crippen LogP contribution in [0.3, 0.4) is 0 Å². The SMILES string of the molecule is CC1[C@@H](O[C@@H]2C(N)C[C@@H](N)C(OC3OC(CO)[C@@H](O)C(N)C3O)[C@H]2O)OC(CN)[C@@H](O)[C@@H]1C. The lowest BCUT2D eigenvalue weighted by atomic mass is 9.82. The summed E-state index contributed by atoms with van der Waals surface area (Å²) in [4.78, 5) is 0. The Hall–Kier alpha value is -0.520. The van der Waals surface area contributed by atoms with Crippen molar-refractivity contribution in [2.75, 3.05) is 13.2 Å². The molecule has 13 heteroatoms. The third-order valence-electron chi connectivity index (χ3n) is 7.30. The van der Waals surface area contributed by atoms with Crippen molar-refractivity contribution in [3.63, 3.8) is 0 Å². The summed E-state index contributed by atoms with van der Waals surface area (Å²) in [6.45, 7) is 3.29. The molecule has 3 rings (SSSR count). The number of ether oxygens (including phenoxy) is 4. The lowest BCUT2D eigenvalue weighted by Gasteiger charge is -2.48. The molecule has 2 saturated heterocycles. The third-order valence-corrected chi connectivity index (χ3v) is 7.30. The fourth-order valence-corrected chi connectivity index (χ4v) is 4.80. The largest absolute Gasteiger partial charge is 0.394 e. The van der Waals surface area contributed by atoms with Crippen LogP contribution in [0.2, 0.25) is 0 Å². The monoisotopic (exact) mass is 480 g/mol. The molecule has 1 saturated carbocycles. The first-order valence-electron chi connectivity index (χ1n) is 11.4. The highest BCUT2D eigenvalue weighted by Crippen LogP contribution is 2.35. The van der Waals surface area contributed by atoms with Crippen LogP contribution < -0.4 is 22.9 Å². The number of hydrogen-bond acceptors (Lipinski definition) is 13. The van der Waals surface area contributed by atoms with Crippen LogP contribution in [0, 0.1) is 11.8 Å². The number of nitrogens with two attached hydrogens (primary N) is 4. The molecule has 8 unspecified atom stereocenters. The number of hydrogen-bond donors (Lipinski definition) is 9. The summed E-state index contributed by atoms with van der Waals surface area (Å²) in [6.07, 6.45) is -10.4. The molecule has 0 spiro atoms. The van der Waals surface area contributed by atoms with Crippen LogP contribution in [0.25, 0.3) is 0 Å². The Labute approximate surface area is 192 Å². The summed E-state index contributed by atoms with van der Waals surface area (Å²) in [5, 5.41) is 51.3. The van der Waals surface area contributed by atoms with Crippen molar-refractivity contribution in [1.82, 2.24) is 0 Å². The Morgan fingerprint density at radius 3 is 1.85 bits per heavy atom. The average molecular weight is 481 g/mol. The van der Waals surface area contributed by atoms with Crippen LogP contribution >= 0.6 is 0 Å². The van der Waals surface area contributed by atoms with E-state index in [9.17, 15) is 25.5 Å². The smallest absolute Gasteiger partial charge is 0.186 e. The lowest BCUT2D eigenvalue weighted by Crippen LogP contribution is -2.68. The van der Waals surface area contributed by atoms with Gasteiger partial charge in [0.2, 0.25) is 0 Å². The van der Waals surface area contributed by atoms with Crippen molar-refractivity contribution in [3.8, 4) is 0 Å². The Kier molecular flexibility index (Phi) is 9.05. The second-order valence-corrected chi connectivity index (χ2v) is 9.53. The second-order valence-electron chi connectivity index (χ2n) is 9.53. The molecule has 0 bridgehead atoms. The molecule has 15 atom stereocenters. The van der Waals surface area contributed by atoms with Gasteiger partial charge in [-0.15, -0.1) is 0 Å². The highest BCUT2D eigenvalue weighted by atomic mass is 16.7. The molecular formula is C20H40N4O9.